The van der Waals surface area contributed by atoms with Crippen LogP contribution >= 0.6 is 0 Å². The molecule has 2 atom stereocenters. The van der Waals surface area contributed by atoms with Crippen molar-refractivity contribution in [2.75, 3.05) is 6.54 Å². The summed E-state index contributed by atoms with van der Waals surface area (Å²) in [7, 11) is 0. The van der Waals surface area contributed by atoms with E-state index in [4.69, 9.17) is 21.7 Å². The Bertz CT molecular complexity index is 356. The van der Waals surface area contributed by atoms with E-state index in [1.54, 1.807) is 0 Å². The molecule has 0 aliphatic carbocycles. The van der Waals surface area contributed by atoms with E-state index in [2.05, 4.69) is 5.32 Å². The van der Waals surface area contributed by atoms with Gasteiger partial charge in [-0.2, -0.15) is 0 Å². The van der Waals surface area contributed by atoms with E-state index in [1.807, 2.05) is 0 Å². The second kappa shape index (κ2) is 7.22. The average Bonchev–Trinajstić information content (AvgIpc) is 2.21. The maximum Gasteiger partial charge on any atom is 0.308 e. The molecule has 0 rings (SSSR count). The summed E-state index contributed by atoms with van der Waals surface area (Å²) in [6.07, 6.45) is -0.997. The van der Waals surface area contributed by atoms with Crippen molar-refractivity contribution in [3.63, 3.8) is 0 Å². The molecule has 0 unspecified atom stereocenters. The summed E-state index contributed by atoms with van der Waals surface area (Å²) in [5.41, 5.74) is 10.1. The van der Waals surface area contributed by atoms with Crippen LogP contribution in [0.4, 0.5) is 0 Å². The van der Waals surface area contributed by atoms with Gasteiger partial charge in [0.2, 0.25) is 11.8 Å². The molecule has 0 radical (unpaired) electrons. The van der Waals surface area contributed by atoms with Gasteiger partial charge in [-0.25, -0.2) is 0 Å². The van der Waals surface area contributed by atoms with Crippen LogP contribution < -0.4 is 16.8 Å². The Morgan fingerprint density at radius 1 is 1.11 bits per heavy atom. The third-order valence-electron chi connectivity index (χ3n) is 2.05. The molecule has 0 aromatic rings. The number of hydrogen-bond donors (Lipinski definition) is 5. The maximum absolute atomic E-state index is 11.3. The first kappa shape index (κ1) is 15.8. The van der Waals surface area contributed by atoms with Gasteiger partial charge in [0.25, 0.3) is 0 Å². The predicted molar refractivity (Wildman–Crippen MR) is 58.2 cm³/mol. The predicted octanol–water partition coefficient (Wildman–Crippen LogP) is -2.52. The van der Waals surface area contributed by atoms with Crippen molar-refractivity contribution in [3.8, 4) is 0 Å². The third-order valence-corrected chi connectivity index (χ3v) is 2.05. The Balaban J connectivity index is 4.26. The van der Waals surface area contributed by atoms with Crippen LogP contribution in [-0.4, -0.2) is 46.6 Å². The van der Waals surface area contributed by atoms with Crippen LogP contribution in [0.3, 0.4) is 0 Å². The van der Waals surface area contributed by atoms with Gasteiger partial charge in [0.05, 0.1) is 24.8 Å². The number of hydrogen-bond acceptors (Lipinski definition) is 5. The first-order valence-corrected chi connectivity index (χ1v) is 5.00. The van der Waals surface area contributed by atoms with Crippen molar-refractivity contribution < 1.29 is 29.4 Å². The van der Waals surface area contributed by atoms with Gasteiger partial charge in [0.1, 0.15) is 0 Å². The molecule has 9 nitrogen and oxygen atoms in total. The zero-order valence-corrected chi connectivity index (χ0v) is 9.46. The summed E-state index contributed by atoms with van der Waals surface area (Å²) in [6, 6.07) is -1.18. The van der Waals surface area contributed by atoms with Gasteiger partial charge in [-0.15, -0.1) is 0 Å². The molecule has 0 fully saturated rings. The molecular weight excluding hydrogens is 246 g/mol. The van der Waals surface area contributed by atoms with Crippen LogP contribution in [0.1, 0.15) is 12.8 Å². The SMILES string of the molecule is NC(=O)C[C@H](N)C(=O)NC[C@@H](CC(=O)O)C(=O)O. The molecule has 0 saturated heterocycles. The minimum Gasteiger partial charge on any atom is -0.481 e. The first-order valence-electron chi connectivity index (χ1n) is 5.00. The van der Waals surface area contributed by atoms with E-state index in [1.165, 1.54) is 0 Å². The Morgan fingerprint density at radius 2 is 1.67 bits per heavy atom. The van der Waals surface area contributed by atoms with Crippen LogP contribution in [-0.2, 0) is 19.2 Å². The van der Waals surface area contributed by atoms with E-state index >= 15 is 0 Å². The lowest BCUT2D eigenvalue weighted by atomic mass is 10.1. The van der Waals surface area contributed by atoms with Crippen molar-refractivity contribution in [1.29, 1.82) is 0 Å². The number of amides is 2. The van der Waals surface area contributed by atoms with Gasteiger partial charge in [-0.3, -0.25) is 19.2 Å². The van der Waals surface area contributed by atoms with Crippen molar-refractivity contribution in [3.05, 3.63) is 0 Å². The second-order valence-electron chi connectivity index (χ2n) is 3.66. The minimum atomic E-state index is -1.35. The van der Waals surface area contributed by atoms with Crippen LogP contribution in [0, 0.1) is 5.92 Å². The van der Waals surface area contributed by atoms with Gasteiger partial charge >= 0.3 is 11.9 Å². The van der Waals surface area contributed by atoms with Crippen molar-refractivity contribution in [2.24, 2.45) is 17.4 Å². The topological polar surface area (TPSA) is 173 Å². The molecule has 0 aromatic heterocycles. The standard InChI is InChI=1S/C9H15N3O6/c10-5(2-6(11)13)8(16)12-3-4(9(17)18)1-7(14)15/h4-5H,1-3,10H2,(H2,11,13)(H,12,16)(H,14,15)(H,17,18)/t4-,5+/m1/s1. The molecule has 7 N–H and O–H groups in total. The summed E-state index contributed by atoms with van der Waals surface area (Å²) < 4.78 is 0. The smallest absolute Gasteiger partial charge is 0.308 e. The van der Waals surface area contributed by atoms with Crippen molar-refractivity contribution in [2.45, 2.75) is 18.9 Å². The number of nitrogens with two attached hydrogens (primary N) is 2. The number of carbonyl (C=O) groups excluding carboxylic acids is 2. The number of nitrogens with one attached hydrogen (secondary N) is 1. The van der Waals surface area contributed by atoms with Gasteiger partial charge in [-0.1, -0.05) is 0 Å². The summed E-state index contributed by atoms with van der Waals surface area (Å²) in [4.78, 5) is 42.9. The van der Waals surface area contributed by atoms with E-state index in [-0.39, 0.29) is 13.0 Å². The number of rotatable bonds is 8. The molecule has 0 heterocycles. The monoisotopic (exact) mass is 261 g/mol. The van der Waals surface area contributed by atoms with Gasteiger partial charge in [0, 0.05) is 6.54 Å². The minimum absolute atomic E-state index is 0.373. The molecule has 0 aromatic carbocycles. The molecule has 102 valence electrons. The van der Waals surface area contributed by atoms with E-state index in [0.29, 0.717) is 0 Å². The van der Waals surface area contributed by atoms with Gasteiger partial charge < -0.3 is 27.0 Å². The van der Waals surface area contributed by atoms with E-state index < -0.39 is 42.1 Å². The number of primary amides is 1. The summed E-state index contributed by atoms with van der Waals surface area (Å²) in [5, 5.41) is 19.3. The summed E-state index contributed by atoms with van der Waals surface area (Å²) in [6.45, 7) is -0.382. The van der Waals surface area contributed by atoms with Crippen LogP contribution in [0.15, 0.2) is 0 Å². The van der Waals surface area contributed by atoms with Crippen molar-refractivity contribution in [1.82, 2.24) is 5.32 Å². The second-order valence-corrected chi connectivity index (χ2v) is 3.66. The van der Waals surface area contributed by atoms with Crippen LogP contribution in [0.25, 0.3) is 0 Å². The lowest BCUT2D eigenvalue weighted by Crippen LogP contribution is -2.45. The largest absolute Gasteiger partial charge is 0.481 e. The molecule has 18 heavy (non-hydrogen) atoms. The molecule has 9 heteroatoms. The number of carboxylic acids is 2. The molecule has 0 saturated carbocycles. The quantitative estimate of drug-likeness (QED) is 0.320. The lowest BCUT2D eigenvalue weighted by Gasteiger charge is -2.14. The Morgan fingerprint density at radius 3 is 2.06 bits per heavy atom. The number of carboxylic acid groups (broad SMARTS) is 2. The molecule has 2 amide bonds. The van der Waals surface area contributed by atoms with Gasteiger partial charge in [-0.05, 0) is 0 Å². The molecule has 0 spiro atoms. The fourth-order valence-electron chi connectivity index (χ4n) is 1.12. The van der Waals surface area contributed by atoms with E-state index in [9.17, 15) is 19.2 Å². The normalized spacial score (nSPS) is 13.4. The Labute approximate surface area is 102 Å². The fourth-order valence-corrected chi connectivity index (χ4v) is 1.12. The third kappa shape index (κ3) is 6.43. The summed E-state index contributed by atoms with van der Waals surface area (Å²) in [5.74, 6) is -5.42. The Hall–Kier alpha value is -2.16. The van der Waals surface area contributed by atoms with Crippen molar-refractivity contribution >= 4 is 23.8 Å². The average molecular weight is 261 g/mol. The molecule has 0 bridgehead atoms. The highest BCUT2D eigenvalue weighted by molar-refractivity contribution is 5.88. The zero-order chi connectivity index (χ0) is 14.3. The Kier molecular flexibility index (Phi) is 6.35. The highest BCUT2D eigenvalue weighted by Gasteiger charge is 2.23. The number of carbonyl (C=O) groups is 4. The van der Waals surface area contributed by atoms with E-state index in [0.717, 1.165) is 0 Å². The lowest BCUT2D eigenvalue weighted by molar-refractivity contribution is -0.148. The van der Waals surface area contributed by atoms with Gasteiger partial charge in [0.15, 0.2) is 0 Å². The molecule has 0 aliphatic rings. The van der Waals surface area contributed by atoms with Crippen LogP contribution in [0.2, 0.25) is 0 Å². The summed E-state index contributed by atoms with van der Waals surface area (Å²) >= 11 is 0. The van der Waals surface area contributed by atoms with Crippen LogP contribution in [0.5, 0.6) is 0 Å². The highest BCUT2D eigenvalue weighted by atomic mass is 16.4. The highest BCUT2D eigenvalue weighted by Crippen LogP contribution is 2.02. The molecule has 0 aliphatic heterocycles. The molecular formula is C9H15N3O6. The number of aliphatic carboxylic acids is 2. The fraction of sp³-hybridized carbons (Fsp3) is 0.556. The maximum atomic E-state index is 11.3. The first-order chi connectivity index (χ1) is 8.23. The zero-order valence-electron chi connectivity index (χ0n) is 9.46.